The van der Waals surface area contributed by atoms with E-state index in [0.717, 1.165) is 5.75 Å². The summed E-state index contributed by atoms with van der Waals surface area (Å²) in [6, 6.07) is -1.78. The molecule has 1 fully saturated rings. The van der Waals surface area contributed by atoms with Gasteiger partial charge in [-0.1, -0.05) is 61.4 Å². The highest BCUT2D eigenvalue weighted by Gasteiger charge is 2.33. The first kappa shape index (κ1) is 30.0. The van der Waals surface area contributed by atoms with Crippen molar-refractivity contribution in [3.63, 3.8) is 0 Å². The van der Waals surface area contributed by atoms with Gasteiger partial charge in [0, 0.05) is 17.9 Å². The van der Waals surface area contributed by atoms with Crippen molar-refractivity contribution in [2.75, 3.05) is 11.5 Å². The van der Waals surface area contributed by atoms with E-state index < -0.39 is 47.8 Å². The molecule has 0 saturated carbocycles. The Balaban J connectivity index is 2.55. The number of esters is 1. The number of ether oxygens (including phenoxy) is 1. The Hall–Kier alpha value is -2.27. The van der Waals surface area contributed by atoms with Crippen LogP contribution in [0.5, 0.6) is 0 Å². The Morgan fingerprint density at radius 3 is 2.31 bits per heavy atom. The van der Waals surface area contributed by atoms with Crippen molar-refractivity contribution in [3.05, 3.63) is 23.9 Å². The lowest BCUT2D eigenvalue weighted by molar-refractivity contribution is -0.153. The quantitative estimate of drug-likeness (QED) is 0.211. The molecule has 2 aliphatic heterocycles. The zero-order valence-corrected chi connectivity index (χ0v) is 23.1. The molecule has 1 saturated heterocycles. The van der Waals surface area contributed by atoms with Crippen LogP contribution < -0.4 is 16.0 Å². The Kier molecular flexibility index (Phi) is 12.0. The van der Waals surface area contributed by atoms with Crippen molar-refractivity contribution < 1.29 is 28.7 Å². The van der Waals surface area contributed by atoms with Crippen LogP contribution in [0.1, 0.15) is 53.9 Å². The minimum atomic E-state index is -0.987. The lowest BCUT2D eigenvalue weighted by Gasteiger charge is -2.27. The first-order valence-electron chi connectivity index (χ1n) is 12.2. The normalized spacial score (nSPS) is 29.9. The van der Waals surface area contributed by atoms with Gasteiger partial charge in [0.05, 0.1) is 18.4 Å². The number of carbonyl (C=O) groups excluding carboxylic acids is 5. The first-order valence-corrected chi connectivity index (χ1v) is 14.7. The van der Waals surface area contributed by atoms with Gasteiger partial charge in [-0.15, -0.1) is 0 Å². The van der Waals surface area contributed by atoms with Gasteiger partial charge in [-0.3, -0.25) is 19.2 Å². The van der Waals surface area contributed by atoms with E-state index in [9.17, 15) is 24.0 Å². The highest BCUT2D eigenvalue weighted by atomic mass is 33.1. The summed E-state index contributed by atoms with van der Waals surface area (Å²) in [4.78, 5) is 65.4. The number of nitrogens with one attached hydrogen (secondary N) is 3. The summed E-state index contributed by atoms with van der Waals surface area (Å²) in [6.07, 6.45) is 4.56. The summed E-state index contributed by atoms with van der Waals surface area (Å²) in [5.41, 5.74) is -0.00452. The molecule has 0 radical (unpaired) electrons. The van der Waals surface area contributed by atoms with E-state index >= 15 is 0 Å². The number of amides is 3. The van der Waals surface area contributed by atoms with E-state index in [0.29, 0.717) is 12.2 Å². The topological polar surface area (TPSA) is 131 Å². The van der Waals surface area contributed by atoms with Crippen molar-refractivity contribution in [3.8, 4) is 0 Å². The molecule has 36 heavy (non-hydrogen) atoms. The number of rotatable bonds is 2. The molecule has 0 aliphatic carbocycles. The average molecular weight is 540 g/mol. The molecule has 11 heteroatoms. The summed E-state index contributed by atoms with van der Waals surface area (Å²) in [7, 11) is 3.05. The molecule has 2 unspecified atom stereocenters. The molecular formula is C25H37N3O6S2. The van der Waals surface area contributed by atoms with Crippen LogP contribution in [0.4, 0.5) is 0 Å². The number of fused-ring (bicyclic) bond motifs is 7. The van der Waals surface area contributed by atoms with Gasteiger partial charge in [-0.2, -0.15) is 0 Å². The molecule has 2 aliphatic rings. The Labute approximate surface area is 220 Å². The maximum Gasteiger partial charge on any atom is 0.329 e. The van der Waals surface area contributed by atoms with Gasteiger partial charge >= 0.3 is 5.97 Å². The van der Waals surface area contributed by atoms with Crippen LogP contribution in [-0.4, -0.2) is 59.2 Å². The fourth-order valence-corrected chi connectivity index (χ4v) is 6.07. The number of ketones is 1. The van der Waals surface area contributed by atoms with Crippen LogP contribution in [0.2, 0.25) is 0 Å². The molecule has 0 aromatic carbocycles. The van der Waals surface area contributed by atoms with E-state index in [-0.39, 0.29) is 36.2 Å². The maximum atomic E-state index is 13.2. The maximum absolute atomic E-state index is 13.2. The lowest BCUT2D eigenvalue weighted by Crippen LogP contribution is -2.50. The van der Waals surface area contributed by atoms with Crippen LogP contribution in [0, 0.1) is 17.8 Å². The van der Waals surface area contributed by atoms with Crippen molar-refractivity contribution in [1.82, 2.24) is 16.0 Å². The first-order chi connectivity index (χ1) is 17.0. The van der Waals surface area contributed by atoms with E-state index in [1.807, 2.05) is 19.9 Å². The molecule has 2 rings (SSSR count). The van der Waals surface area contributed by atoms with Gasteiger partial charge < -0.3 is 20.7 Å². The summed E-state index contributed by atoms with van der Waals surface area (Å²) < 4.78 is 5.67. The second kappa shape index (κ2) is 14.5. The third kappa shape index (κ3) is 8.99. The molecule has 3 amide bonds. The van der Waals surface area contributed by atoms with E-state index in [1.54, 1.807) is 37.6 Å². The predicted molar refractivity (Wildman–Crippen MR) is 142 cm³/mol. The van der Waals surface area contributed by atoms with Crippen molar-refractivity contribution in [1.29, 1.82) is 0 Å². The fourth-order valence-electron chi connectivity index (χ4n) is 3.77. The number of carbonyl (C=O) groups is 5. The number of Topliss-reactive ketones (excluding diaryl/α,β-unsaturated/α-hetero) is 1. The molecule has 0 aromatic heterocycles. The largest absolute Gasteiger partial charge is 0.456 e. The zero-order chi connectivity index (χ0) is 26.8. The number of hydrogen-bond acceptors (Lipinski definition) is 8. The zero-order valence-electron chi connectivity index (χ0n) is 21.5. The summed E-state index contributed by atoms with van der Waals surface area (Å²) in [5, 5.41) is 8.08. The van der Waals surface area contributed by atoms with E-state index in [2.05, 4.69) is 16.0 Å². The minimum Gasteiger partial charge on any atom is -0.456 e. The van der Waals surface area contributed by atoms with Gasteiger partial charge in [0.25, 0.3) is 5.91 Å². The Morgan fingerprint density at radius 2 is 1.67 bits per heavy atom. The van der Waals surface area contributed by atoms with Crippen LogP contribution in [0.15, 0.2) is 23.9 Å². The molecule has 2 heterocycles. The Morgan fingerprint density at radius 1 is 0.972 bits per heavy atom. The van der Waals surface area contributed by atoms with Crippen LogP contribution in [0.3, 0.4) is 0 Å². The van der Waals surface area contributed by atoms with Gasteiger partial charge in [0.1, 0.15) is 17.8 Å². The van der Waals surface area contributed by atoms with E-state index in [1.165, 1.54) is 16.9 Å². The second-order valence-electron chi connectivity index (χ2n) is 9.55. The third-order valence-corrected chi connectivity index (χ3v) is 8.39. The Bertz CT molecular complexity index is 902. The predicted octanol–water partition coefficient (Wildman–Crippen LogP) is 2.52. The van der Waals surface area contributed by atoms with Gasteiger partial charge in [-0.05, 0) is 31.3 Å². The lowest BCUT2D eigenvalue weighted by atomic mass is 9.92. The molecule has 0 spiro atoms. The monoisotopic (exact) mass is 539 g/mol. The summed E-state index contributed by atoms with van der Waals surface area (Å²) in [5.74, 6) is -2.59. The highest BCUT2D eigenvalue weighted by Crippen LogP contribution is 2.27. The second-order valence-corrected chi connectivity index (χ2v) is 12.2. The smallest absolute Gasteiger partial charge is 0.329 e. The van der Waals surface area contributed by atoms with Crippen LogP contribution >= 0.6 is 21.6 Å². The molecule has 2 bridgehead atoms. The fraction of sp³-hybridized carbons (Fsp3) is 0.640. The van der Waals surface area contributed by atoms with Crippen molar-refractivity contribution >= 4 is 51.1 Å². The van der Waals surface area contributed by atoms with Crippen LogP contribution in [0.25, 0.3) is 0 Å². The minimum absolute atomic E-state index is 0.00452. The average Bonchev–Trinajstić information content (AvgIpc) is 2.81. The van der Waals surface area contributed by atoms with Crippen LogP contribution in [-0.2, 0) is 28.7 Å². The third-order valence-electron chi connectivity index (χ3n) is 5.87. The van der Waals surface area contributed by atoms with Crippen molar-refractivity contribution in [2.24, 2.45) is 17.8 Å². The molecule has 0 aromatic rings. The summed E-state index contributed by atoms with van der Waals surface area (Å²) >= 11 is 0. The number of hydrogen-bond donors (Lipinski definition) is 3. The molecule has 9 nitrogen and oxygen atoms in total. The molecule has 3 N–H and O–H groups in total. The summed E-state index contributed by atoms with van der Waals surface area (Å²) in [6.45, 7) is 8.78. The standard InChI is InChI=1S/C25H37N3O6S2/c1-6-18-24(32)28-22(15(4)5)25(33)34-17-9-7-8-10-35-36-13-16(23(31)26-18)11-19(29)21(14(2)3)27-20(30)12-17/h6-7,9,14-17,21-22H,8,10-13H2,1-5H3,(H,26,31)(H,27,30)(H,28,32)/b9-7+,18-6-/t16?,17-,21?,22+/m1/s1. The van der Waals surface area contributed by atoms with Crippen molar-refractivity contribution in [2.45, 2.75) is 72.1 Å². The molecule has 200 valence electrons. The van der Waals surface area contributed by atoms with Gasteiger partial charge in [0.2, 0.25) is 11.8 Å². The SMILES string of the molecule is C/C=C1\NC(=O)C2CSSCC/C=C/[C@H](CC(=O)NC(C(C)C)C(=O)C2)OC(=O)[C@H](C(C)C)NC1=O. The van der Waals surface area contributed by atoms with Gasteiger partial charge in [-0.25, -0.2) is 4.79 Å². The highest BCUT2D eigenvalue weighted by molar-refractivity contribution is 8.76. The van der Waals surface area contributed by atoms with E-state index in [4.69, 9.17) is 4.74 Å². The number of allylic oxidation sites excluding steroid dienone is 2. The molecule has 4 atom stereocenters. The molecular weight excluding hydrogens is 502 g/mol. The van der Waals surface area contributed by atoms with Gasteiger partial charge in [0.15, 0.2) is 5.78 Å².